The topological polar surface area (TPSA) is 46.1 Å². The molecule has 0 saturated heterocycles. The predicted octanol–water partition coefficient (Wildman–Crippen LogP) is 2.90. The summed E-state index contributed by atoms with van der Waals surface area (Å²) in [4.78, 5) is 11.9. The molecular formula is C16H21N3O. The average molecular weight is 271 g/mol. The van der Waals surface area contributed by atoms with Gasteiger partial charge in [0.15, 0.2) is 0 Å². The Morgan fingerprint density at radius 1 is 1.00 bits per heavy atom. The van der Waals surface area contributed by atoms with Crippen molar-refractivity contribution in [1.82, 2.24) is 4.68 Å². The van der Waals surface area contributed by atoms with Crippen LogP contribution in [-0.4, -0.2) is 17.1 Å². The number of amides is 1. The summed E-state index contributed by atoms with van der Waals surface area (Å²) in [5.74, 6) is -0.0642. The number of carbonyl (C=O) groups excluding carboxylic acids is 1. The number of hydrogen-bond donors (Lipinski definition) is 2. The molecule has 0 fully saturated rings. The minimum atomic E-state index is -0.0642. The molecule has 2 rings (SSSR count). The van der Waals surface area contributed by atoms with Crippen molar-refractivity contribution in [3.05, 3.63) is 52.8 Å². The van der Waals surface area contributed by atoms with Gasteiger partial charge < -0.3 is 5.32 Å². The molecule has 0 aliphatic heterocycles. The Balaban J connectivity index is 1.94. The van der Waals surface area contributed by atoms with Crippen LogP contribution in [0.4, 0.5) is 5.69 Å². The Kier molecular flexibility index (Phi) is 4.13. The van der Waals surface area contributed by atoms with Crippen molar-refractivity contribution in [2.75, 3.05) is 17.3 Å². The largest absolute Gasteiger partial charge is 0.376 e. The molecule has 0 aliphatic rings. The van der Waals surface area contributed by atoms with Crippen molar-refractivity contribution in [3.63, 3.8) is 0 Å². The van der Waals surface area contributed by atoms with E-state index in [2.05, 4.69) is 36.7 Å². The van der Waals surface area contributed by atoms with E-state index in [1.807, 2.05) is 32.0 Å². The molecule has 0 aliphatic carbocycles. The molecule has 4 nitrogen and oxygen atoms in total. The van der Waals surface area contributed by atoms with Gasteiger partial charge in [-0.1, -0.05) is 6.07 Å². The second-order valence-electron chi connectivity index (χ2n) is 5.14. The van der Waals surface area contributed by atoms with Gasteiger partial charge in [0.05, 0.1) is 6.54 Å². The lowest BCUT2D eigenvalue weighted by molar-refractivity contribution is -0.115. The lowest BCUT2D eigenvalue weighted by atomic mass is 10.1. The summed E-state index contributed by atoms with van der Waals surface area (Å²) in [5, 5.41) is 3.14. The van der Waals surface area contributed by atoms with Gasteiger partial charge in [-0.2, -0.15) is 0 Å². The summed E-state index contributed by atoms with van der Waals surface area (Å²) < 4.78 is 1.80. The molecule has 1 amide bonds. The van der Waals surface area contributed by atoms with Crippen molar-refractivity contribution in [2.45, 2.75) is 27.7 Å². The molecule has 0 bridgehead atoms. The van der Waals surface area contributed by atoms with E-state index in [1.54, 1.807) is 4.68 Å². The molecule has 1 heterocycles. The third-order valence-corrected chi connectivity index (χ3v) is 3.47. The number of rotatable bonds is 4. The number of hydrogen-bond acceptors (Lipinski definition) is 2. The third-order valence-electron chi connectivity index (χ3n) is 3.47. The zero-order chi connectivity index (χ0) is 14.7. The van der Waals surface area contributed by atoms with E-state index >= 15 is 0 Å². The monoisotopic (exact) mass is 271 g/mol. The van der Waals surface area contributed by atoms with E-state index in [-0.39, 0.29) is 12.5 Å². The number of benzene rings is 1. The number of carbonyl (C=O) groups is 1. The van der Waals surface area contributed by atoms with Gasteiger partial charge in [-0.15, -0.1) is 0 Å². The maximum absolute atomic E-state index is 11.9. The van der Waals surface area contributed by atoms with E-state index in [0.717, 1.165) is 17.1 Å². The van der Waals surface area contributed by atoms with Crippen LogP contribution in [0.5, 0.6) is 0 Å². The quantitative estimate of drug-likeness (QED) is 0.898. The van der Waals surface area contributed by atoms with E-state index < -0.39 is 0 Å². The molecule has 1 aromatic heterocycles. The fourth-order valence-corrected chi connectivity index (χ4v) is 2.04. The molecule has 2 aromatic rings. The van der Waals surface area contributed by atoms with Crippen LogP contribution in [0.2, 0.25) is 0 Å². The predicted molar refractivity (Wildman–Crippen MR) is 82.7 cm³/mol. The summed E-state index contributed by atoms with van der Waals surface area (Å²) in [5.41, 5.74) is 8.33. The van der Waals surface area contributed by atoms with E-state index in [1.165, 1.54) is 11.1 Å². The van der Waals surface area contributed by atoms with Crippen molar-refractivity contribution in [2.24, 2.45) is 0 Å². The molecule has 20 heavy (non-hydrogen) atoms. The summed E-state index contributed by atoms with van der Waals surface area (Å²) in [6.07, 6.45) is 0. The second kappa shape index (κ2) is 5.82. The summed E-state index contributed by atoms with van der Waals surface area (Å²) in [6, 6.07) is 10.0. The number of aryl methyl sites for hydroxylation is 4. The lowest BCUT2D eigenvalue weighted by Gasteiger charge is -2.12. The van der Waals surface area contributed by atoms with Crippen LogP contribution in [0, 0.1) is 27.7 Å². The van der Waals surface area contributed by atoms with Crippen LogP contribution < -0.4 is 10.7 Å². The molecule has 0 radical (unpaired) electrons. The van der Waals surface area contributed by atoms with Gasteiger partial charge in [-0.3, -0.25) is 14.9 Å². The van der Waals surface area contributed by atoms with Gasteiger partial charge in [0.2, 0.25) is 0 Å². The smallest absolute Gasteiger partial charge is 0.258 e. The van der Waals surface area contributed by atoms with Crippen molar-refractivity contribution in [3.8, 4) is 0 Å². The highest BCUT2D eigenvalue weighted by Crippen LogP contribution is 2.13. The minimum absolute atomic E-state index is 0.0642. The van der Waals surface area contributed by atoms with Crippen LogP contribution in [0.1, 0.15) is 22.5 Å². The Bertz CT molecular complexity index is 609. The Morgan fingerprint density at radius 2 is 1.65 bits per heavy atom. The van der Waals surface area contributed by atoms with Crippen molar-refractivity contribution < 1.29 is 4.79 Å². The molecule has 0 spiro atoms. The first-order valence-electron chi connectivity index (χ1n) is 6.73. The highest BCUT2D eigenvalue weighted by Gasteiger charge is 2.06. The molecule has 0 atom stereocenters. The SMILES string of the molecule is Cc1ccc(NCC(=O)Nn2c(C)ccc2C)cc1C. The second-order valence-corrected chi connectivity index (χ2v) is 5.14. The Labute approximate surface area is 119 Å². The van der Waals surface area contributed by atoms with Gasteiger partial charge in [0.25, 0.3) is 5.91 Å². The third kappa shape index (κ3) is 3.20. The maximum Gasteiger partial charge on any atom is 0.258 e. The van der Waals surface area contributed by atoms with Crippen molar-refractivity contribution >= 4 is 11.6 Å². The number of nitrogens with one attached hydrogen (secondary N) is 2. The van der Waals surface area contributed by atoms with Crippen LogP contribution in [0.15, 0.2) is 30.3 Å². The van der Waals surface area contributed by atoms with Gasteiger partial charge >= 0.3 is 0 Å². The summed E-state index contributed by atoms with van der Waals surface area (Å²) in [7, 11) is 0. The molecule has 0 saturated carbocycles. The zero-order valence-electron chi connectivity index (χ0n) is 12.4. The Hall–Kier alpha value is -2.23. The maximum atomic E-state index is 11.9. The number of anilines is 1. The fraction of sp³-hybridized carbons (Fsp3) is 0.312. The normalized spacial score (nSPS) is 10.4. The Morgan fingerprint density at radius 3 is 2.25 bits per heavy atom. The first kappa shape index (κ1) is 14.2. The summed E-state index contributed by atoms with van der Waals surface area (Å²) in [6.45, 7) is 8.31. The summed E-state index contributed by atoms with van der Waals surface area (Å²) >= 11 is 0. The van der Waals surface area contributed by atoms with Crippen LogP contribution >= 0.6 is 0 Å². The lowest BCUT2D eigenvalue weighted by Crippen LogP contribution is -2.30. The number of aromatic nitrogens is 1. The average Bonchev–Trinajstić information content (AvgIpc) is 2.72. The molecule has 0 unspecified atom stereocenters. The van der Waals surface area contributed by atoms with E-state index in [0.29, 0.717) is 0 Å². The molecule has 2 N–H and O–H groups in total. The van der Waals surface area contributed by atoms with E-state index in [9.17, 15) is 4.79 Å². The minimum Gasteiger partial charge on any atom is -0.376 e. The van der Waals surface area contributed by atoms with Gasteiger partial charge in [0, 0.05) is 17.1 Å². The van der Waals surface area contributed by atoms with E-state index in [4.69, 9.17) is 0 Å². The number of nitrogens with zero attached hydrogens (tertiary/aromatic N) is 1. The first-order chi connectivity index (χ1) is 9.47. The zero-order valence-corrected chi connectivity index (χ0v) is 12.4. The van der Waals surface area contributed by atoms with Gasteiger partial charge in [-0.05, 0) is 63.1 Å². The highest BCUT2D eigenvalue weighted by molar-refractivity contribution is 5.87. The molecular weight excluding hydrogens is 250 g/mol. The molecule has 1 aromatic carbocycles. The molecule has 106 valence electrons. The first-order valence-corrected chi connectivity index (χ1v) is 6.73. The van der Waals surface area contributed by atoms with Crippen LogP contribution in [-0.2, 0) is 4.79 Å². The highest BCUT2D eigenvalue weighted by atomic mass is 16.2. The van der Waals surface area contributed by atoms with Crippen molar-refractivity contribution in [1.29, 1.82) is 0 Å². The van der Waals surface area contributed by atoms with Gasteiger partial charge in [0.1, 0.15) is 0 Å². The van der Waals surface area contributed by atoms with Crippen LogP contribution in [0.25, 0.3) is 0 Å². The van der Waals surface area contributed by atoms with Gasteiger partial charge in [-0.25, -0.2) is 0 Å². The van der Waals surface area contributed by atoms with Crippen LogP contribution in [0.3, 0.4) is 0 Å². The molecule has 4 heteroatoms. The standard InChI is InChI=1S/C16H21N3O/c1-11-5-8-15(9-12(11)2)17-10-16(20)18-19-13(3)6-7-14(19)4/h5-9,17H,10H2,1-4H3,(H,18,20). The fourth-order valence-electron chi connectivity index (χ4n) is 2.04.